The van der Waals surface area contributed by atoms with E-state index in [-0.39, 0.29) is 12.3 Å². The van der Waals surface area contributed by atoms with Gasteiger partial charge in [-0.05, 0) is 42.3 Å². The van der Waals surface area contributed by atoms with Crippen molar-refractivity contribution in [1.29, 1.82) is 0 Å². The molecule has 1 aromatic heterocycles. The van der Waals surface area contributed by atoms with E-state index in [4.69, 9.17) is 14.6 Å². The van der Waals surface area contributed by atoms with Gasteiger partial charge in [0.15, 0.2) is 11.5 Å². The summed E-state index contributed by atoms with van der Waals surface area (Å²) in [5.74, 6) is 0.403. The van der Waals surface area contributed by atoms with Crippen LogP contribution in [-0.2, 0) is 4.79 Å². The lowest BCUT2D eigenvalue weighted by Gasteiger charge is -2.18. The zero-order valence-corrected chi connectivity index (χ0v) is 13.7. The number of carbonyl (C=O) groups is 2. The third-order valence-corrected chi connectivity index (χ3v) is 4.64. The molecule has 0 fully saturated rings. The molecule has 0 aliphatic carbocycles. The van der Waals surface area contributed by atoms with Gasteiger partial charge < -0.3 is 19.9 Å². The highest BCUT2D eigenvalue weighted by Gasteiger charge is 2.15. The highest BCUT2D eigenvalue weighted by Crippen LogP contribution is 2.36. The number of aliphatic carboxylic acids is 1. The summed E-state index contributed by atoms with van der Waals surface area (Å²) in [4.78, 5) is 24.1. The largest absolute Gasteiger partial charge is 0.486 e. The number of thiophene rings is 1. The summed E-state index contributed by atoms with van der Waals surface area (Å²) in [7, 11) is 0. The Hall–Kier alpha value is -2.54. The molecule has 1 aliphatic heterocycles. The van der Waals surface area contributed by atoms with E-state index >= 15 is 0 Å². The van der Waals surface area contributed by atoms with E-state index in [2.05, 4.69) is 5.32 Å². The van der Waals surface area contributed by atoms with Gasteiger partial charge in [-0.1, -0.05) is 0 Å². The van der Waals surface area contributed by atoms with Gasteiger partial charge in [0.25, 0.3) is 5.91 Å². The van der Waals surface area contributed by atoms with Crippen LogP contribution < -0.4 is 14.8 Å². The number of amides is 1. The molecule has 7 heteroatoms. The van der Waals surface area contributed by atoms with Gasteiger partial charge in [-0.15, -0.1) is 11.3 Å². The molecule has 2 aromatic rings. The molecule has 24 heavy (non-hydrogen) atoms. The number of carbonyl (C=O) groups excluding carboxylic acids is 1. The van der Waals surface area contributed by atoms with Crippen LogP contribution in [0.1, 0.15) is 22.5 Å². The lowest BCUT2D eigenvalue weighted by molar-refractivity contribution is -0.137. The zero-order valence-electron chi connectivity index (χ0n) is 12.9. The van der Waals surface area contributed by atoms with Crippen molar-refractivity contribution in [2.45, 2.75) is 12.8 Å². The number of rotatable bonds is 6. The summed E-state index contributed by atoms with van der Waals surface area (Å²) < 4.78 is 11.1. The molecular formula is C17H17NO5S. The Bertz CT molecular complexity index is 755. The lowest BCUT2D eigenvalue weighted by Crippen LogP contribution is -2.23. The fraction of sp³-hybridized carbons (Fsp3) is 0.294. The van der Waals surface area contributed by atoms with E-state index in [1.54, 1.807) is 6.07 Å². The fourth-order valence-electron chi connectivity index (χ4n) is 2.34. The number of benzene rings is 1. The summed E-state index contributed by atoms with van der Waals surface area (Å²) in [6.07, 6.45) is 0.467. The van der Waals surface area contributed by atoms with Gasteiger partial charge in [-0.2, -0.15) is 0 Å². The molecule has 1 aromatic carbocycles. The zero-order chi connectivity index (χ0) is 16.9. The Morgan fingerprint density at radius 1 is 1.12 bits per heavy atom. The number of nitrogens with one attached hydrogen (secondary N) is 1. The van der Waals surface area contributed by atoms with Crippen molar-refractivity contribution in [3.05, 3.63) is 35.2 Å². The molecule has 3 rings (SSSR count). The molecule has 0 saturated carbocycles. The van der Waals surface area contributed by atoms with Gasteiger partial charge in [-0.25, -0.2) is 0 Å². The summed E-state index contributed by atoms with van der Waals surface area (Å²) in [6, 6.07) is 9.38. The second kappa shape index (κ2) is 7.35. The van der Waals surface area contributed by atoms with Gasteiger partial charge in [0.05, 0.1) is 4.88 Å². The number of fused-ring (bicyclic) bond motifs is 1. The summed E-state index contributed by atoms with van der Waals surface area (Å²) in [5, 5.41) is 11.3. The second-order valence-corrected chi connectivity index (χ2v) is 6.36. The number of carboxylic acids is 1. The highest BCUT2D eigenvalue weighted by atomic mass is 32.1. The van der Waals surface area contributed by atoms with Crippen LogP contribution in [0.2, 0.25) is 0 Å². The van der Waals surface area contributed by atoms with E-state index in [0.717, 1.165) is 16.2 Å². The van der Waals surface area contributed by atoms with Crippen LogP contribution in [-0.4, -0.2) is 36.7 Å². The minimum Gasteiger partial charge on any atom is -0.486 e. The summed E-state index contributed by atoms with van der Waals surface area (Å²) >= 11 is 1.38. The van der Waals surface area contributed by atoms with Gasteiger partial charge >= 0.3 is 5.97 Å². The molecule has 0 unspecified atom stereocenters. The van der Waals surface area contributed by atoms with E-state index in [1.165, 1.54) is 11.3 Å². The molecule has 1 amide bonds. The van der Waals surface area contributed by atoms with Crippen molar-refractivity contribution in [1.82, 2.24) is 5.32 Å². The van der Waals surface area contributed by atoms with Crippen LogP contribution in [0.4, 0.5) is 0 Å². The van der Waals surface area contributed by atoms with Gasteiger partial charge in [0.2, 0.25) is 0 Å². The molecule has 0 atom stereocenters. The Kier molecular flexibility index (Phi) is 5.00. The monoisotopic (exact) mass is 347 g/mol. The Labute approximate surface area is 143 Å². The maximum Gasteiger partial charge on any atom is 0.303 e. The minimum absolute atomic E-state index is 0.0488. The van der Waals surface area contributed by atoms with Crippen LogP contribution in [0, 0.1) is 0 Å². The molecule has 0 radical (unpaired) electrons. The van der Waals surface area contributed by atoms with E-state index in [0.29, 0.717) is 36.8 Å². The number of carboxylic acid groups (broad SMARTS) is 1. The second-order valence-electron chi connectivity index (χ2n) is 5.28. The quantitative estimate of drug-likeness (QED) is 0.785. The Balaban J connectivity index is 1.64. The molecule has 2 N–H and O–H groups in total. The average Bonchev–Trinajstić information content (AvgIpc) is 3.08. The third kappa shape index (κ3) is 3.86. The van der Waals surface area contributed by atoms with Gasteiger partial charge in [-0.3, -0.25) is 9.59 Å². The van der Waals surface area contributed by atoms with Gasteiger partial charge in [0.1, 0.15) is 13.2 Å². The molecule has 0 bridgehead atoms. The molecule has 0 saturated heterocycles. The van der Waals surface area contributed by atoms with Crippen molar-refractivity contribution in [3.8, 4) is 21.9 Å². The van der Waals surface area contributed by atoms with Crippen molar-refractivity contribution in [3.63, 3.8) is 0 Å². The number of hydrogen-bond donors (Lipinski definition) is 2. The molecular weight excluding hydrogens is 330 g/mol. The Morgan fingerprint density at radius 2 is 1.92 bits per heavy atom. The van der Waals surface area contributed by atoms with Crippen LogP contribution in [0.25, 0.3) is 10.4 Å². The first-order chi connectivity index (χ1) is 11.6. The lowest BCUT2D eigenvalue weighted by atomic mass is 10.1. The topological polar surface area (TPSA) is 84.9 Å². The first-order valence-corrected chi connectivity index (χ1v) is 8.45. The highest BCUT2D eigenvalue weighted by molar-refractivity contribution is 7.17. The number of hydrogen-bond acceptors (Lipinski definition) is 5. The van der Waals surface area contributed by atoms with Crippen LogP contribution in [0.5, 0.6) is 11.5 Å². The first-order valence-electron chi connectivity index (χ1n) is 7.63. The van der Waals surface area contributed by atoms with Crippen molar-refractivity contribution < 1.29 is 24.2 Å². The fourth-order valence-corrected chi connectivity index (χ4v) is 3.26. The summed E-state index contributed by atoms with van der Waals surface area (Å²) in [5.41, 5.74) is 0.967. The van der Waals surface area contributed by atoms with Crippen LogP contribution in [0.15, 0.2) is 30.3 Å². The minimum atomic E-state index is -0.860. The normalized spacial score (nSPS) is 12.7. The van der Waals surface area contributed by atoms with Gasteiger partial charge in [0, 0.05) is 17.8 Å². The third-order valence-electron chi connectivity index (χ3n) is 3.51. The van der Waals surface area contributed by atoms with Crippen molar-refractivity contribution >= 4 is 23.2 Å². The molecule has 1 aliphatic rings. The maximum absolute atomic E-state index is 12.1. The first kappa shape index (κ1) is 16.3. The van der Waals surface area contributed by atoms with E-state index in [1.807, 2.05) is 24.3 Å². The summed E-state index contributed by atoms with van der Waals surface area (Å²) in [6.45, 7) is 1.44. The molecule has 126 valence electrons. The molecule has 0 spiro atoms. The number of ether oxygens (including phenoxy) is 2. The van der Waals surface area contributed by atoms with E-state index in [9.17, 15) is 9.59 Å². The Morgan fingerprint density at radius 3 is 2.71 bits per heavy atom. The standard InChI is InChI=1S/C17H17NO5S/c19-16(20)2-1-7-18-17(21)15-6-5-14(24-15)11-3-4-12-13(10-11)23-9-8-22-12/h3-6,10H,1-2,7-9H2,(H,18,21)(H,19,20). The predicted molar refractivity (Wildman–Crippen MR) is 89.9 cm³/mol. The van der Waals surface area contributed by atoms with Crippen LogP contribution >= 0.6 is 11.3 Å². The van der Waals surface area contributed by atoms with Crippen molar-refractivity contribution in [2.24, 2.45) is 0 Å². The SMILES string of the molecule is O=C(O)CCCNC(=O)c1ccc(-c2ccc3c(c2)OCCO3)s1. The van der Waals surface area contributed by atoms with Crippen molar-refractivity contribution in [2.75, 3.05) is 19.8 Å². The maximum atomic E-state index is 12.1. The van der Waals surface area contributed by atoms with Crippen LogP contribution in [0.3, 0.4) is 0 Å². The molecule has 6 nitrogen and oxygen atoms in total. The molecule has 2 heterocycles. The smallest absolute Gasteiger partial charge is 0.303 e. The average molecular weight is 347 g/mol. The van der Waals surface area contributed by atoms with E-state index < -0.39 is 5.97 Å². The predicted octanol–water partition coefficient (Wildman–Crippen LogP) is 2.78.